The number of anilines is 1. The third-order valence-electron chi connectivity index (χ3n) is 3.12. The SMILES string of the molecule is O=C(Nc1nc(-c2ccccn2)nc2sccc12)c1cocn1. The van der Waals surface area contributed by atoms with Crippen molar-refractivity contribution >= 4 is 33.3 Å². The second kappa shape index (κ2) is 5.58. The first kappa shape index (κ1) is 13.5. The van der Waals surface area contributed by atoms with Crippen LogP contribution in [0.5, 0.6) is 0 Å². The normalized spacial score (nSPS) is 10.8. The fourth-order valence-electron chi connectivity index (χ4n) is 2.06. The van der Waals surface area contributed by atoms with E-state index in [1.807, 2.05) is 29.6 Å². The summed E-state index contributed by atoms with van der Waals surface area (Å²) in [6.45, 7) is 0. The molecular formula is C15H9N5O2S. The molecule has 4 rings (SSSR count). The van der Waals surface area contributed by atoms with Gasteiger partial charge in [-0.15, -0.1) is 11.3 Å². The number of carbonyl (C=O) groups excluding carboxylic acids is 1. The summed E-state index contributed by atoms with van der Waals surface area (Å²) in [5, 5.41) is 5.42. The molecule has 1 amide bonds. The maximum Gasteiger partial charge on any atom is 0.278 e. The molecule has 8 heteroatoms. The summed E-state index contributed by atoms with van der Waals surface area (Å²) in [6, 6.07) is 7.36. The Morgan fingerprint density at radius 1 is 1.17 bits per heavy atom. The van der Waals surface area contributed by atoms with E-state index in [1.54, 1.807) is 6.20 Å². The average Bonchev–Trinajstić information content (AvgIpc) is 3.27. The molecule has 112 valence electrons. The number of fused-ring (bicyclic) bond motifs is 1. The van der Waals surface area contributed by atoms with Gasteiger partial charge in [0.05, 0.1) is 5.39 Å². The van der Waals surface area contributed by atoms with Gasteiger partial charge in [-0.25, -0.2) is 15.0 Å². The van der Waals surface area contributed by atoms with Crippen molar-refractivity contribution in [3.05, 3.63) is 54.2 Å². The van der Waals surface area contributed by atoms with Gasteiger partial charge in [0, 0.05) is 6.20 Å². The van der Waals surface area contributed by atoms with Crippen LogP contribution >= 0.6 is 11.3 Å². The van der Waals surface area contributed by atoms with E-state index in [1.165, 1.54) is 24.0 Å². The molecule has 1 N–H and O–H groups in total. The number of hydrogen-bond acceptors (Lipinski definition) is 7. The average molecular weight is 323 g/mol. The number of nitrogens with zero attached hydrogens (tertiary/aromatic N) is 4. The highest BCUT2D eigenvalue weighted by Gasteiger charge is 2.15. The number of pyridine rings is 1. The standard InChI is InChI=1S/C15H9N5O2S/c21-14(11-7-22-8-17-11)19-12-9-4-6-23-15(9)20-13(18-12)10-3-1-2-5-16-10/h1-8H,(H,18,19,20,21). The van der Waals surface area contributed by atoms with Gasteiger partial charge in [0.1, 0.15) is 22.6 Å². The summed E-state index contributed by atoms with van der Waals surface area (Å²) in [7, 11) is 0. The molecule has 0 saturated heterocycles. The van der Waals surface area contributed by atoms with Gasteiger partial charge in [0.25, 0.3) is 5.91 Å². The Bertz CT molecular complexity index is 966. The van der Waals surface area contributed by atoms with Crippen LogP contribution in [-0.2, 0) is 0 Å². The van der Waals surface area contributed by atoms with Gasteiger partial charge in [-0.05, 0) is 23.6 Å². The summed E-state index contributed by atoms with van der Waals surface area (Å²) in [5.41, 5.74) is 0.825. The molecule has 0 aliphatic rings. The van der Waals surface area contributed by atoms with Crippen molar-refractivity contribution in [2.45, 2.75) is 0 Å². The number of amides is 1. The molecule has 4 aromatic rings. The Morgan fingerprint density at radius 3 is 2.91 bits per heavy atom. The zero-order valence-electron chi connectivity index (χ0n) is 11.6. The Balaban J connectivity index is 1.79. The molecule has 0 saturated carbocycles. The van der Waals surface area contributed by atoms with Crippen LogP contribution in [0.4, 0.5) is 5.82 Å². The maximum absolute atomic E-state index is 12.2. The quantitative estimate of drug-likeness (QED) is 0.623. The monoisotopic (exact) mass is 323 g/mol. The lowest BCUT2D eigenvalue weighted by molar-refractivity contribution is 0.102. The van der Waals surface area contributed by atoms with Crippen molar-refractivity contribution in [2.24, 2.45) is 0 Å². The first-order valence-electron chi connectivity index (χ1n) is 6.67. The summed E-state index contributed by atoms with van der Waals surface area (Å²) >= 11 is 1.47. The molecule has 0 unspecified atom stereocenters. The topological polar surface area (TPSA) is 93.8 Å². The largest absolute Gasteiger partial charge is 0.451 e. The number of thiophene rings is 1. The van der Waals surface area contributed by atoms with Crippen LogP contribution < -0.4 is 5.32 Å². The van der Waals surface area contributed by atoms with E-state index in [4.69, 9.17) is 4.42 Å². The molecule has 0 aromatic carbocycles. The van der Waals surface area contributed by atoms with Crippen LogP contribution in [-0.4, -0.2) is 25.8 Å². The summed E-state index contributed by atoms with van der Waals surface area (Å²) in [4.78, 5) is 30.0. The zero-order valence-corrected chi connectivity index (χ0v) is 12.4. The van der Waals surface area contributed by atoms with E-state index in [0.717, 1.165) is 10.2 Å². The number of hydrogen-bond donors (Lipinski definition) is 1. The summed E-state index contributed by atoms with van der Waals surface area (Å²) in [5.74, 6) is 0.484. The van der Waals surface area contributed by atoms with Crippen molar-refractivity contribution in [1.29, 1.82) is 0 Å². The zero-order chi connectivity index (χ0) is 15.6. The molecule has 23 heavy (non-hydrogen) atoms. The first-order valence-corrected chi connectivity index (χ1v) is 7.55. The third-order valence-corrected chi connectivity index (χ3v) is 3.92. The minimum atomic E-state index is -0.392. The van der Waals surface area contributed by atoms with Crippen LogP contribution in [0.3, 0.4) is 0 Å². The van der Waals surface area contributed by atoms with Crippen LogP contribution in [0.2, 0.25) is 0 Å². The van der Waals surface area contributed by atoms with Crippen molar-refractivity contribution in [2.75, 3.05) is 5.32 Å². The molecule has 0 aliphatic carbocycles. The number of aromatic nitrogens is 4. The number of rotatable bonds is 3. The van der Waals surface area contributed by atoms with Crippen LogP contribution in [0.15, 0.2) is 52.9 Å². The fraction of sp³-hybridized carbons (Fsp3) is 0. The van der Waals surface area contributed by atoms with Gasteiger partial charge in [0.15, 0.2) is 17.9 Å². The third kappa shape index (κ3) is 2.55. The van der Waals surface area contributed by atoms with Crippen molar-refractivity contribution in [3.63, 3.8) is 0 Å². The Kier molecular flexibility index (Phi) is 3.28. The van der Waals surface area contributed by atoms with Gasteiger partial charge in [0.2, 0.25) is 0 Å². The number of oxazole rings is 1. The highest BCUT2D eigenvalue weighted by Crippen LogP contribution is 2.28. The van der Waals surface area contributed by atoms with E-state index in [-0.39, 0.29) is 5.69 Å². The summed E-state index contributed by atoms with van der Waals surface area (Å²) < 4.78 is 4.83. The van der Waals surface area contributed by atoms with Crippen molar-refractivity contribution in [1.82, 2.24) is 19.9 Å². The molecule has 0 aliphatic heterocycles. The highest BCUT2D eigenvalue weighted by atomic mass is 32.1. The number of nitrogens with one attached hydrogen (secondary N) is 1. The van der Waals surface area contributed by atoms with E-state index in [2.05, 4.69) is 25.3 Å². The smallest absolute Gasteiger partial charge is 0.278 e. The minimum Gasteiger partial charge on any atom is -0.451 e. The summed E-state index contributed by atoms with van der Waals surface area (Å²) in [6.07, 6.45) is 4.15. The lowest BCUT2D eigenvalue weighted by Crippen LogP contribution is -2.14. The van der Waals surface area contributed by atoms with Gasteiger partial charge >= 0.3 is 0 Å². The second-order valence-electron chi connectivity index (χ2n) is 4.58. The molecule has 4 aromatic heterocycles. The lowest BCUT2D eigenvalue weighted by atomic mass is 10.3. The van der Waals surface area contributed by atoms with Crippen LogP contribution in [0.1, 0.15) is 10.5 Å². The van der Waals surface area contributed by atoms with Gasteiger partial charge in [-0.2, -0.15) is 0 Å². The molecule has 0 bridgehead atoms. The lowest BCUT2D eigenvalue weighted by Gasteiger charge is -2.06. The molecule has 0 atom stereocenters. The number of carbonyl (C=O) groups is 1. The van der Waals surface area contributed by atoms with Crippen molar-refractivity contribution in [3.8, 4) is 11.5 Å². The Morgan fingerprint density at radius 2 is 2.13 bits per heavy atom. The minimum absolute atomic E-state index is 0.186. The van der Waals surface area contributed by atoms with E-state index < -0.39 is 5.91 Å². The molecule has 0 spiro atoms. The molecular weight excluding hydrogens is 314 g/mol. The van der Waals surface area contributed by atoms with Gasteiger partial charge < -0.3 is 9.73 Å². The molecule has 4 heterocycles. The molecule has 0 radical (unpaired) electrons. The second-order valence-corrected chi connectivity index (χ2v) is 5.47. The fourth-order valence-corrected chi connectivity index (χ4v) is 2.82. The molecule has 0 fully saturated rings. The Labute approximate surface area is 134 Å². The van der Waals surface area contributed by atoms with E-state index in [9.17, 15) is 4.79 Å². The van der Waals surface area contributed by atoms with Crippen molar-refractivity contribution < 1.29 is 9.21 Å². The van der Waals surface area contributed by atoms with E-state index in [0.29, 0.717) is 17.3 Å². The predicted molar refractivity (Wildman–Crippen MR) is 85.1 cm³/mol. The van der Waals surface area contributed by atoms with E-state index >= 15 is 0 Å². The van der Waals surface area contributed by atoms with Crippen LogP contribution in [0, 0.1) is 0 Å². The molecule has 7 nitrogen and oxygen atoms in total. The Hall–Kier alpha value is -3.13. The first-order chi connectivity index (χ1) is 11.3. The van der Waals surface area contributed by atoms with Gasteiger partial charge in [-0.1, -0.05) is 6.07 Å². The van der Waals surface area contributed by atoms with Gasteiger partial charge in [-0.3, -0.25) is 9.78 Å². The maximum atomic E-state index is 12.2. The van der Waals surface area contributed by atoms with Crippen LogP contribution in [0.25, 0.3) is 21.7 Å². The highest BCUT2D eigenvalue weighted by molar-refractivity contribution is 7.16. The predicted octanol–water partition coefficient (Wildman–Crippen LogP) is 2.99.